The van der Waals surface area contributed by atoms with E-state index in [-0.39, 0.29) is 17.2 Å². The molecule has 0 amide bonds. The standard InChI is InChI=1S/C54H84O6/c1-12-13-14-15-16-17-18-19-20-21-22-33-51(58)60-48(38-46(6)55)41-53(9,10)50(57)37-35-45(5)32-26-30-43(3)28-24-23-27-42(2)29-25-31-44(4)34-36-49-52(7,8)39-47(56)40-54(49,11)59/h23-32,34-35,37,46-48,55-56,59H,12-22,33,38-41H2,1-11H3. The zero-order chi connectivity index (χ0) is 45.2. The van der Waals surface area contributed by atoms with Crippen molar-refractivity contribution in [1.82, 2.24) is 0 Å². The lowest BCUT2D eigenvalue weighted by Crippen LogP contribution is -2.45. The molecule has 6 nitrogen and oxygen atoms in total. The smallest absolute Gasteiger partial charge is 0.306 e. The minimum absolute atomic E-state index is 0.0487. The number of rotatable bonds is 27. The van der Waals surface area contributed by atoms with Gasteiger partial charge in [0.15, 0.2) is 5.78 Å². The summed E-state index contributed by atoms with van der Waals surface area (Å²) in [6, 6.07) is 0. The van der Waals surface area contributed by atoms with Gasteiger partial charge in [0.05, 0.1) is 17.8 Å². The number of carbonyl (C=O) groups is 2. The number of esters is 1. The fourth-order valence-electron chi connectivity index (χ4n) is 7.76. The van der Waals surface area contributed by atoms with Crippen LogP contribution in [-0.4, -0.2) is 51.0 Å². The second-order valence-corrected chi connectivity index (χ2v) is 18.9. The Morgan fingerprint density at radius 3 is 1.75 bits per heavy atom. The molecule has 4 atom stereocenters. The van der Waals surface area contributed by atoms with Gasteiger partial charge < -0.3 is 20.1 Å². The molecule has 0 heterocycles. The molecule has 60 heavy (non-hydrogen) atoms. The first-order valence-electron chi connectivity index (χ1n) is 22.9. The van der Waals surface area contributed by atoms with Crippen LogP contribution in [-0.2, 0) is 14.3 Å². The van der Waals surface area contributed by atoms with Gasteiger partial charge in [-0.3, -0.25) is 9.59 Å². The van der Waals surface area contributed by atoms with E-state index in [1.165, 1.54) is 51.4 Å². The summed E-state index contributed by atoms with van der Waals surface area (Å²) in [5, 5.41) is 31.2. The topological polar surface area (TPSA) is 104 Å². The molecule has 0 aromatic heterocycles. The molecular weight excluding hydrogens is 745 g/mol. The molecule has 3 N–H and O–H groups in total. The Kier molecular flexibility index (Phi) is 26.2. The van der Waals surface area contributed by atoms with E-state index in [9.17, 15) is 24.9 Å². The average molecular weight is 829 g/mol. The lowest BCUT2D eigenvalue weighted by atomic mass is 9.65. The van der Waals surface area contributed by atoms with Crippen LogP contribution >= 0.6 is 0 Å². The number of ether oxygens (including phenoxy) is 1. The van der Waals surface area contributed by atoms with Crippen molar-refractivity contribution >= 4 is 11.8 Å². The second-order valence-electron chi connectivity index (χ2n) is 18.9. The molecule has 6 heteroatoms. The van der Waals surface area contributed by atoms with Crippen LogP contribution in [0.4, 0.5) is 0 Å². The molecule has 0 aromatic carbocycles. The fraction of sp³-hybridized carbons (Fsp3) is 0.611. The number of allylic oxidation sites excluding steroid dienone is 16. The molecule has 4 unspecified atom stereocenters. The van der Waals surface area contributed by atoms with Crippen LogP contribution in [0.25, 0.3) is 0 Å². The first-order valence-corrected chi connectivity index (χ1v) is 22.9. The summed E-state index contributed by atoms with van der Waals surface area (Å²) >= 11 is 0. The maximum absolute atomic E-state index is 13.3. The number of unbranched alkanes of at least 4 members (excludes halogenated alkanes) is 10. The fourth-order valence-corrected chi connectivity index (χ4v) is 7.76. The SMILES string of the molecule is CCCCCCCCCCCCCC(=O)OC(CC(C)O)CC(C)(C)C(=O)C=CC(C)=CC=CC(C)=CC=CC=C(C)C=CC=C(C)C=C=C1C(C)(C)CC(O)CC1(C)O. The molecule has 0 bridgehead atoms. The van der Waals surface area contributed by atoms with Gasteiger partial charge in [0.25, 0.3) is 0 Å². The van der Waals surface area contributed by atoms with Crippen LogP contribution in [0.15, 0.2) is 113 Å². The maximum Gasteiger partial charge on any atom is 0.306 e. The van der Waals surface area contributed by atoms with Crippen molar-refractivity contribution in [3.8, 4) is 0 Å². The molecule has 1 rings (SSSR count). The summed E-state index contributed by atoms with van der Waals surface area (Å²) in [5.41, 5.74) is 6.12. The number of carbonyl (C=O) groups excluding carboxylic acids is 2. The molecule has 0 spiro atoms. The summed E-state index contributed by atoms with van der Waals surface area (Å²) < 4.78 is 5.82. The molecular formula is C54H84O6. The Bertz CT molecular complexity index is 1610. The quantitative estimate of drug-likeness (QED) is 0.0250. The minimum Gasteiger partial charge on any atom is -0.462 e. The Morgan fingerprint density at radius 1 is 0.750 bits per heavy atom. The van der Waals surface area contributed by atoms with Crippen LogP contribution in [0.3, 0.4) is 0 Å². The molecule has 336 valence electrons. The van der Waals surface area contributed by atoms with E-state index in [0.29, 0.717) is 32.1 Å². The number of aliphatic hydroxyl groups excluding tert-OH is 2. The van der Waals surface area contributed by atoms with Crippen molar-refractivity contribution in [2.24, 2.45) is 10.8 Å². The van der Waals surface area contributed by atoms with Gasteiger partial charge in [0.2, 0.25) is 0 Å². The van der Waals surface area contributed by atoms with E-state index >= 15 is 0 Å². The van der Waals surface area contributed by atoms with Gasteiger partial charge in [0, 0.05) is 30.3 Å². The van der Waals surface area contributed by atoms with Gasteiger partial charge in [0.1, 0.15) is 6.10 Å². The lowest BCUT2D eigenvalue weighted by molar-refractivity contribution is -0.153. The Morgan fingerprint density at radius 2 is 1.23 bits per heavy atom. The molecule has 0 radical (unpaired) electrons. The molecule has 1 aliphatic carbocycles. The highest BCUT2D eigenvalue weighted by molar-refractivity contribution is 5.94. The van der Waals surface area contributed by atoms with Crippen LogP contribution in [0.1, 0.15) is 179 Å². The summed E-state index contributed by atoms with van der Waals surface area (Å²) in [5.74, 6) is -0.297. The third kappa shape index (κ3) is 24.7. The average Bonchev–Trinajstić information content (AvgIpc) is 3.13. The maximum atomic E-state index is 13.3. The number of hydrogen-bond donors (Lipinski definition) is 3. The molecule has 1 aliphatic rings. The van der Waals surface area contributed by atoms with Gasteiger partial charge in [-0.15, -0.1) is 5.73 Å². The molecule has 0 aliphatic heterocycles. The number of aliphatic hydroxyl groups is 3. The van der Waals surface area contributed by atoms with Crippen LogP contribution < -0.4 is 0 Å². The highest BCUT2D eigenvalue weighted by Crippen LogP contribution is 2.45. The van der Waals surface area contributed by atoms with E-state index < -0.39 is 29.3 Å². The van der Waals surface area contributed by atoms with Crippen LogP contribution in [0.5, 0.6) is 0 Å². The summed E-state index contributed by atoms with van der Waals surface area (Å²) in [4.78, 5) is 26.0. The van der Waals surface area contributed by atoms with Crippen LogP contribution in [0, 0.1) is 10.8 Å². The van der Waals surface area contributed by atoms with Crippen molar-refractivity contribution in [2.75, 3.05) is 0 Å². The minimum atomic E-state index is -1.08. The highest BCUT2D eigenvalue weighted by Gasteiger charge is 2.44. The van der Waals surface area contributed by atoms with E-state index in [0.717, 1.165) is 47.1 Å². The normalized spacial score (nSPS) is 20.7. The monoisotopic (exact) mass is 829 g/mol. The lowest BCUT2D eigenvalue weighted by Gasteiger charge is -2.43. The first kappa shape index (κ1) is 54.5. The van der Waals surface area contributed by atoms with Crippen molar-refractivity contribution in [3.05, 3.63) is 113 Å². The zero-order valence-electron chi connectivity index (χ0n) is 39.6. The Labute approximate surface area is 366 Å². The predicted octanol–water partition coefficient (Wildman–Crippen LogP) is 13.4. The summed E-state index contributed by atoms with van der Waals surface area (Å²) in [7, 11) is 0. The van der Waals surface area contributed by atoms with Gasteiger partial charge in [-0.05, 0) is 83.9 Å². The second kappa shape index (κ2) is 28.9. The van der Waals surface area contributed by atoms with Gasteiger partial charge >= 0.3 is 5.97 Å². The van der Waals surface area contributed by atoms with E-state index in [1.807, 2.05) is 128 Å². The van der Waals surface area contributed by atoms with Crippen LogP contribution in [0.2, 0.25) is 0 Å². The van der Waals surface area contributed by atoms with Crippen molar-refractivity contribution in [2.45, 2.75) is 203 Å². The van der Waals surface area contributed by atoms with Gasteiger partial charge in [-0.1, -0.05) is 182 Å². The molecule has 1 fully saturated rings. The van der Waals surface area contributed by atoms with Gasteiger partial charge in [-0.2, -0.15) is 0 Å². The molecule has 0 saturated heterocycles. The van der Waals surface area contributed by atoms with Crippen molar-refractivity contribution in [1.29, 1.82) is 0 Å². The van der Waals surface area contributed by atoms with Crippen molar-refractivity contribution in [3.63, 3.8) is 0 Å². The summed E-state index contributed by atoms with van der Waals surface area (Å²) in [6.07, 6.45) is 39.1. The van der Waals surface area contributed by atoms with E-state index in [1.54, 1.807) is 19.9 Å². The van der Waals surface area contributed by atoms with E-state index in [2.05, 4.69) is 12.7 Å². The third-order valence-corrected chi connectivity index (χ3v) is 11.1. The van der Waals surface area contributed by atoms with E-state index in [4.69, 9.17) is 4.74 Å². The molecule has 1 saturated carbocycles. The van der Waals surface area contributed by atoms with Crippen molar-refractivity contribution < 1.29 is 29.6 Å². The highest BCUT2D eigenvalue weighted by atomic mass is 16.5. The largest absolute Gasteiger partial charge is 0.462 e. The zero-order valence-corrected chi connectivity index (χ0v) is 39.6. The predicted molar refractivity (Wildman–Crippen MR) is 253 cm³/mol. The Hall–Kier alpha value is -3.54. The molecule has 0 aromatic rings. The number of ketones is 1. The number of hydrogen-bond acceptors (Lipinski definition) is 6. The third-order valence-electron chi connectivity index (χ3n) is 11.1. The Balaban J connectivity index is 2.64. The first-order chi connectivity index (χ1) is 28.2. The summed E-state index contributed by atoms with van der Waals surface area (Å²) in [6.45, 7) is 21.5. The van der Waals surface area contributed by atoms with Gasteiger partial charge in [-0.25, -0.2) is 0 Å².